The molecule has 5 rings (SSSR count). The van der Waals surface area contributed by atoms with Gasteiger partial charge in [-0.25, -0.2) is 4.98 Å². The Balaban J connectivity index is 1.26. The van der Waals surface area contributed by atoms with Crippen LogP contribution in [0.25, 0.3) is 0 Å². The standard InChI is InChI=1S/C32H38N4O/c33-23-27-15-13-26(14-16-27)7-6-12-31(37)36-20-17-30(18-21-36)32(29-10-4-5-11-29,24-35-22-19-34-25-35)28-8-2-1-3-9-28/h1-3,8-9,13-16,19,22,25,29-30H,4-7,10-12,17-18,20-21,24H2. The Bertz CT molecular complexity index is 1170. The summed E-state index contributed by atoms with van der Waals surface area (Å²) in [6.45, 7) is 2.67. The van der Waals surface area contributed by atoms with E-state index in [-0.39, 0.29) is 11.3 Å². The molecule has 3 aromatic rings. The van der Waals surface area contributed by atoms with Crippen LogP contribution < -0.4 is 0 Å². The number of hydrogen-bond acceptors (Lipinski definition) is 3. The van der Waals surface area contributed by atoms with Crippen molar-refractivity contribution in [2.45, 2.75) is 69.7 Å². The molecule has 2 fully saturated rings. The molecule has 0 radical (unpaired) electrons. The number of rotatable bonds is 9. The van der Waals surface area contributed by atoms with Gasteiger partial charge in [0.1, 0.15) is 0 Å². The number of aryl methyl sites for hydroxylation is 1. The van der Waals surface area contributed by atoms with E-state index >= 15 is 0 Å². The summed E-state index contributed by atoms with van der Waals surface area (Å²) in [5, 5.41) is 8.98. The number of carbonyl (C=O) groups excluding carboxylic acids is 1. The molecule has 1 saturated carbocycles. The minimum atomic E-state index is 0.0726. The molecule has 1 saturated heterocycles. The van der Waals surface area contributed by atoms with Crippen molar-refractivity contribution < 1.29 is 4.79 Å². The summed E-state index contributed by atoms with van der Waals surface area (Å²) >= 11 is 0. The first-order chi connectivity index (χ1) is 18.2. The van der Waals surface area contributed by atoms with Gasteiger partial charge in [-0.3, -0.25) is 4.79 Å². The number of imidazole rings is 1. The summed E-state index contributed by atoms with van der Waals surface area (Å²) in [6, 6.07) is 21.1. The molecule has 1 aliphatic heterocycles. The number of carbonyl (C=O) groups is 1. The van der Waals surface area contributed by atoms with Crippen LogP contribution >= 0.6 is 0 Å². The molecule has 2 aliphatic rings. The van der Waals surface area contributed by atoms with Gasteiger partial charge in [0.15, 0.2) is 0 Å². The number of hydrogen-bond donors (Lipinski definition) is 0. The maximum atomic E-state index is 13.1. The number of aromatic nitrogens is 2. The van der Waals surface area contributed by atoms with Gasteiger partial charge in [0.25, 0.3) is 0 Å². The third kappa shape index (κ3) is 5.64. The molecule has 0 spiro atoms. The molecule has 1 atom stereocenters. The highest BCUT2D eigenvalue weighted by molar-refractivity contribution is 5.76. The number of piperidine rings is 1. The minimum absolute atomic E-state index is 0.0726. The van der Waals surface area contributed by atoms with Crippen molar-refractivity contribution in [2.75, 3.05) is 13.1 Å². The van der Waals surface area contributed by atoms with Gasteiger partial charge in [-0.2, -0.15) is 5.26 Å². The molecule has 1 aromatic heterocycles. The Kier molecular flexibility index (Phi) is 8.04. The van der Waals surface area contributed by atoms with E-state index in [1.807, 2.05) is 36.8 Å². The molecule has 2 heterocycles. The predicted molar refractivity (Wildman–Crippen MR) is 146 cm³/mol. The van der Waals surface area contributed by atoms with Crippen LogP contribution in [-0.2, 0) is 23.2 Å². The van der Waals surface area contributed by atoms with Gasteiger partial charge in [0, 0.05) is 43.9 Å². The number of amides is 1. The van der Waals surface area contributed by atoms with Crippen LogP contribution in [0.15, 0.2) is 73.3 Å². The Morgan fingerprint density at radius 1 is 0.973 bits per heavy atom. The molecular weight excluding hydrogens is 456 g/mol. The van der Waals surface area contributed by atoms with E-state index < -0.39 is 0 Å². The summed E-state index contributed by atoms with van der Waals surface area (Å²) in [7, 11) is 0. The number of nitrogens with zero attached hydrogens (tertiary/aromatic N) is 4. The van der Waals surface area contributed by atoms with Crippen LogP contribution in [0.2, 0.25) is 0 Å². The first kappa shape index (κ1) is 25.3. The molecule has 37 heavy (non-hydrogen) atoms. The highest BCUT2D eigenvalue weighted by Gasteiger charge is 2.48. The van der Waals surface area contributed by atoms with Gasteiger partial charge in [-0.1, -0.05) is 55.3 Å². The van der Waals surface area contributed by atoms with E-state index in [0.717, 1.165) is 45.3 Å². The van der Waals surface area contributed by atoms with E-state index in [1.54, 1.807) is 0 Å². The quantitative estimate of drug-likeness (QED) is 0.359. The van der Waals surface area contributed by atoms with Crippen molar-refractivity contribution >= 4 is 5.91 Å². The maximum absolute atomic E-state index is 13.1. The van der Waals surface area contributed by atoms with Gasteiger partial charge in [-0.15, -0.1) is 0 Å². The van der Waals surface area contributed by atoms with E-state index in [0.29, 0.717) is 23.8 Å². The molecule has 5 heteroatoms. The zero-order chi connectivity index (χ0) is 25.5. The minimum Gasteiger partial charge on any atom is -0.343 e. The summed E-state index contributed by atoms with van der Waals surface area (Å²) < 4.78 is 2.28. The molecule has 0 N–H and O–H groups in total. The van der Waals surface area contributed by atoms with Gasteiger partial charge in [0.05, 0.1) is 18.0 Å². The zero-order valence-electron chi connectivity index (χ0n) is 21.8. The smallest absolute Gasteiger partial charge is 0.222 e. The molecule has 5 nitrogen and oxygen atoms in total. The first-order valence-corrected chi connectivity index (χ1v) is 14.0. The molecule has 1 unspecified atom stereocenters. The Morgan fingerprint density at radius 2 is 1.68 bits per heavy atom. The fourth-order valence-corrected chi connectivity index (χ4v) is 7.02. The molecule has 0 bridgehead atoms. The van der Waals surface area contributed by atoms with E-state index in [2.05, 4.69) is 57.0 Å². The lowest BCUT2D eigenvalue weighted by Gasteiger charge is -2.49. The van der Waals surface area contributed by atoms with Crippen molar-refractivity contribution in [3.05, 3.63) is 90.0 Å². The lowest BCUT2D eigenvalue weighted by molar-refractivity contribution is -0.133. The molecule has 1 amide bonds. The monoisotopic (exact) mass is 494 g/mol. The van der Waals surface area contributed by atoms with Crippen LogP contribution in [0.1, 0.15) is 68.1 Å². The second-order valence-corrected chi connectivity index (χ2v) is 10.9. The third-order valence-electron chi connectivity index (χ3n) is 8.91. The van der Waals surface area contributed by atoms with Crippen LogP contribution in [0.5, 0.6) is 0 Å². The van der Waals surface area contributed by atoms with Crippen LogP contribution in [-0.4, -0.2) is 33.4 Å². The lowest BCUT2D eigenvalue weighted by atomic mass is 9.59. The topological polar surface area (TPSA) is 61.9 Å². The Hall–Kier alpha value is -3.39. The zero-order valence-corrected chi connectivity index (χ0v) is 21.8. The van der Waals surface area contributed by atoms with Crippen molar-refractivity contribution in [3.63, 3.8) is 0 Å². The van der Waals surface area contributed by atoms with Gasteiger partial charge in [0.2, 0.25) is 5.91 Å². The van der Waals surface area contributed by atoms with Gasteiger partial charge >= 0.3 is 0 Å². The van der Waals surface area contributed by atoms with Crippen LogP contribution in [0, 0.1) is 23.2 Å². The van der Waals surface area contributed by atoms with Gasteiger partial charge in [-0.05, 0) is 73.6 Å². The lowest BCUT2D eigenvalue weighted by Crippen LogP contribution is -2.50. The summed E-state index contributed by atoms with van der Waals surface area (Å²) in [4.78, 5) is 19.6. The Labute approximate surface area is 221 Å². The summed E-state index contributed by atoms with van der Waals surface area (Å²) in [5.41, 5.74) is 3.40. The highest BCUT2D eigenvalue weighted by atomic mass is 16.2. The average Bonchev–Trinajstić information content (AvgIpc) is 3.68. The number of nitriles is 1. The molecule has 1 aliphatic carbocycles. The SMILES string of the molecule is N#Cc1ccc(CCCC(=O)N2CCC(C(Cn3ccnc3)(c3ccccc3)C3CCCC3)CC2)cc1. The first-order valence-electron chi connectivity index (χ1n) is 14.0. The van der Waals surface area contributed by atoms with E-state index in [4.69, 9.17) is 5.26 Å². The second-order valence-electron chi connectivity index (χ2n) is 10.9. The Morgan fingerprint density at radius 3 is 2.32 bits per heavy atom. The highest BCUT2D eigenvalue weighted by Crippen LogP contribution is 2.51. The number of benzene rings is 2. The third-order valence-corrected chi connectivity index (χ3v) is 8.91. The summed E-state index contributed by atoms with van der Waals surface area (Å²) in [6.07, 6.45) is 15.6. The van der Waals surface area contributed by atoms with Crippen molar-refractivity contribution in [2.24, 2.45) is 11.8 Å². The van der Waals surface area contributed by atoms with Crippen molar-refractivity contribution in [1.82, 2.24) is 14.5 Å². The summed E-state index contributed by atoms with van der Waals surface area (Å²) in [5.74, 6) is 1.49. The molecule has 192 valence electrons. The second kappa shape index (κ2) is 11.8. The molecular formula is C32H38N4O. The van der Waals surface area contributed by atoms with Gasteiger partial charge < -0.3 is 9.47 Å². The maximum Gasteiger partial charge on any atom is 0.222 e. The van der Waals surface area contributed by atoms with E-state index in [9.17, 15) is 4.79 Å². The number of likely N-dealkylation sites (tertiary alicyclic amines) is 1. The fraction of sp³-hybridized carbons (Fsp3) is 0.469. The average molecular weight is 495 g/mol. The van der Waals surface area contributed by atoms with Crippen LogP contribution in [0.4, 0.5) is 0 Å². The largest absolute Gasteiger partial charge is 0.343 e. The molecule has 2 aromatic carbocycles. The van der Waals surface area contributed by atoms with Crippen molar-refractivity contribution in [1.29, 1.82) is 5.26 Å². The normalized spacial score (nSPS) is 18.4. The predicted octanol–water partition coefficient (Wildman–Crippen LogP) is 6.14. The van der Waals surface area contributed by atoms with E-state index in [1.165, 1.54) is 36.8 Å². The van der Waals surface area contributed by atoms with Crippen molar-refractivity contribution in [3.8, 4) is 6.07 Å². The van der Waals surface area contributed by atoms with Crippen LogP contribution in [0.3, 0.4) is 0 Å². The fourth-order valence-electron chi connectivity index (χ4n) is 7.02.